The van der Waals surface area contributed by atoms with Gasteiger partial charge in [0.05, 0.1) is 19.9 Å². The quantitative estimate of drug-likeness (QED) is 0.265. The van der Waals surface area contributed by atoms with Crippen molar-refractivity contribution < 1.29 is 18.7 Å². The number of carbonyl (C=O) groups excluding carboxylic acids is 1. The molecule has 0 aliphatic rings. The number of ether oxygens (including phenoxy) is 2. The monoisotopic (exact) mass is 467 g/mol. The van der Waals surface area contributed by atoms with E-state index in [0.717, 1.165) is 28.4 Å². The molecule has 2 aromatic heterocycles. The van der Waals surface area contributed by atoms with E-state index in [-0.39, 0.29) is 12.1 Å². The molecule has 0 atom stereocenters. The van der Waals surface area contributed by atoms with Gasteiger partial charge in [0, 0.05) is 17.1 Å². The summed E-state index contributed by atoms with van der Waals surface area (Å²) in [6, 6.07) is 22.6. The van der Waals surface area contributed by atoms with Gasteiger partial charge in [-0.25, -0.2) is 0 Å². The fourth-order valence-electron chi connectivity index (χ4n) is 3.75. The average Bonchev–Trinajstić information content (AvgIpc) is 3.49. The lowest BCUT2D eigenvalue weighted by Crippen LogP contribution is -2.23. The summed E-state index contributed by atoms with van der Waals surface area (Å²) < 4.78 is 18.4. The summed E-state index contributed by atoms with van der Waals surface area (Å²) in [6.07, 6.45) is 3.15. The van der Waals surface area contributed by atoms with Crippen molar-refractivity contribution in [3.8, 4) is 29.0 Å². The van der Waals surface area contributed by atoms with Crippen LogP contribution in [0.2, 0.25) is 0 Å². The van der Waals surface area contributed by atoms with Crippen LogP contribution in [0.5, 0.6) is 17.2 Å². The maximum atomic E-state index is 12.5. The highest BCUT2D eigenvalue weighted by atomic mass is 16.5. The van der Waals surface area contributed by atoms with Crippen molar-refractivity contribution in [2.75, 3.05) is 7.11 Å². The second-order valence-corrected chi connectivity index (χ2v) is 7.87. The molecule has 0 bridgehead atoms. The van der Waals surface area contributed by atoms with E-state index in [9.17, 15) is 10.1 Å². The Balaban J connectivity index is 1.51. The minimum absolute atomic E-state index is 0.0278. The standard InChI is InChI=1S/C28H25N3O4/c1-19-15-21(16-22(17-29)28(32)30-18-27-5-4-14-34-27)20(2)31(19)23-6-8-25(9-7-23)35-26-12-10-24(33-3)11-13-26/h4-16H,18H2,1-3H3,(H,30,32). The Morgan fingerprint density at radius 1 is 1.06 bits per heavy atom. The summed E-state index contributed by atoms with van der Waals surface area (Å²) in [4.78, 5) is 12.5. The Morgan fingerprint density at radius 3 is 2.31 bits per heavy atom. The Labute approximate surface area is 203 Å². The molecule has 0 fully saturated rings. The third-order valence-corrected chi connectivity index (χ3v) is 5.53. The fourth-order valence-corrected chi connectivity index (χ4v) is 3.75. The highest BCUT2D eigenvalue weighted by molar-refractivity contribution is 6.01. The summed E-state index contributed by atoms with van der Waals surface area (Å²) in [5.74, 6) is 2.36. The second kappa shape index (κ2) is 10.5. The molecule has 7 nitrogen and oxygen atoms in total. The first-order valence-corrected chi connectivity index (χ1v) is 11.0. The third kappa shape index (κ3) is 5.45. The molecule has 0 unspecified atom stereocenters. The maximum absolute atomic E-state index is 12.5. The number of rotatable bonds is 8. The van der Waals surface area contributed by atoms with E-state index in [1.807, 2.05) is 74.5 Å². The highest BCUT2D eigenvalue weighted by Gasteiger charge is 2.14. The number of benzene rings is 2. The average molecular weight is 468 g/mol. The number of nitriles is 1. The van der Waals surface area contributed by atoms with E-state index < -0.39 is 5.91 Å². The molecule has 7 heteroatoms. The van der Waals surface area contributed by atoms with Crippen LogP contribution in [0.1, 0.15) is 22.7 Å². The van der Waals surface area contributed by atoms with Gasteiger partial charge < -0.3 is 23.8 Å². The number of aryl methyl sites for hydroxylation is 1. The lowest BCUT2D eigenvalue weighted by atomic mass is 10.1. The van der Waals surface area contributed by atoms with Gasteiger partial charge in [0.25, 0.3) is 5.91 Å². The molecule has 4 rings (SSSR count). The van der Waals surface area contributed by atoms with Gasteiger partial charge in [-0.3, -0.25) is 4.79 Å². The molecular weight excluding hydrogens is 442 g/mol. The predicted octanol–water partition coefficient (Wildman–Crippen LogP) is 5.71. The summed E-state index contributed by atoms with van der Waals surface area (Å²) in [6.45, 7) is 4.15. The minimum Gasteiger partial charge on any atom is -0.497 e. The van der Waals surface area contributed by atoms with E-state index in [1.165, 1.54) is 6.26 Å². The van der Waals surface area contributed by atoms with Crippen LogP contribution in [0.3, 0.4) is 0 Å². The van der Waals surface area contributed by atoms with Crippen molar-refractivity contribution >= 4 is 12.0 Å². The molecule has 0 spiro atoms. The minimum atomic E-state index is -0.450. The van der Waals surface area contributed by atoms with E-state index in [2.05, 4.69) is 9.88 Å². The van der Waals surface area contributed by atoms with Crippen LogP contribution in [0, 0.1) is 25.2 Å². The van der Waals surface area contributed by atoms with Crippen LogP contribution in [-0.2, 0) is 11.3 Å². The number of nitrogens with zero attached hydrogens (tertiary/aromatic N) is 2. The number of methoxy groups -OCH3 is 1. The largest absolute Gasteiger partial charge is 0.497 e. The van der Waals surface area contributed by atoms with E-state index in [1.54, 1.807) is 25.3 Å². The SMILES string of the molecule is COc1ccc(Oc2ccc(-n3c(C)cc(C=C(C#N)C(=O)NCc4ccco4)c3C)cc2)cc1. The number of aromatic nitrogens is 1. The smallest absolute Gasteiger partial charge is 0.262 e. The summed E-state index contributed by atoms with van der Waals surface area (Å²) in [5.41, 5.74) is 3.66. The molecule has 0 saturated carbocycles. The summed E-state index contributed by atoms with van der Waals surface area (Å²) in [7, 11) is 1.62. The van der Waals surface area contributed by atoms with E-state index >= 15 is 0 Å². The molecule has 35 heavy (non-hydrogen) atoms. The molecule has 2 heterocycles. The number of furan rings is 1. The van der Waals surface area contributed by atoms with Crippen molar-refractivity contribution in [1.82, 2.24) is 9.88 Å². The van der Waals surface area contributed by atoms with Crippen LogP contribution in [0.25, 0.3) is 11.8 Å². The molecular formula is C28H25N3O4. The maximum Gasteiger partial charge on any atom is 0.262 e. The van der Waals surface area contributed by atoms with Gasteiger partial charge in [-0.05, 0) is 92.2 Å². The number of amides is 1. The van der Waals surface area contributed by atoms with Crippen molar-refractivity contribution in [3.05, 3.63) is 101 Å². The van der Waals surface area contributed by atoms with E-state index in [0.29, 0.717) is 17.3 Å². The van der Waals surface area contributed by atoms with Crippen molar-refractivity contribution in [3.63, 3.8) is 0 Å². The van der Waals surface area contributed by atoms with Gasteiger partial charge in [0.1, 0.15) is 34.7 Å². The van der Waals surface area contributed by atoms with Crippen molar-refractivity contribution in [2.45, 2.75) is 20.4 Å². The van der Waals surface area contributed by atoms with Crippen LogP contribution >= 0.6 is 0 Å². The first kappa shape index (κ1) is 23.5. The number of hydrogen-bond donors (Lipinski definition) is 1. The van der Waals surface area contributed by atoms with Gasteiger partial charge >= 0.3 is 0 Å². The fraction of sp³-hybridized carbons (Fsp3) is 0.143. The Kier molecular flexibility index (Phi) is 7.03. The Bertz CT molecular complexity index is 1370. The Morgan fingerprint density at radius 2 is 1.71 bits per heavy atom. The molecule has 0 aliphatic heterocycles. The van der Waals surface area contributed by atoms with Crippen LogP contribution in [0.15, 0.2) is 83.0 Å². The normalized spacial score (nSPS) is 11.1. The first-order chi connectivity index (χ1) is 17.0. The zero-order valence-electron chi connectivity index (χ0n) is 19.7. The van der Waals surface area contributed by atoms with Crippen LogP contribution < -0.4 is 14.8 Å². The summed E-state index contributed by atoms with van der Waals surface area (Å²) >= 11 is 0. The molecule has 4 aromatic rings. The number of carbonyl (C=O) groups is 1. The van der Waals surface area contributed by atoms with Crippen LogP contribution in [0.4, 0.5) is 0 Å². The van der Waals surface area contributed by atoms with Gasteiger partial charge in [0.15, 0.2) is 0 Å². The van der Waals surface area contributed by atoms with Gasteiger partial charge in [-0.2, -0.15) is 5.26 Å². The third-order valence-electron chi connectivity index (χ3n) is 5.53. The van der Waals surface area contributed by atoms with Gasteiger partial charge in [-0.15, -0.1) is 0 Å². The molecule has 1 amide bonds. The van der Waals surface area contributed by atoms with E-state index in [4.69, 9.17) is 13.9 Å². The highest BCUT2D eigenvalue weighted by Crippen LogP contribution is 2.27. The number of hydrogen-bond acceptors (Lipinski definition) is 5. The van der Waals surface area contributed by atoms with Gasteiger partial charge in [-0.1, -0.05) is 0 Å². The lowest BCUT2D eigenvalue weighted by Gasteiger charge is -2.11. The molecule has 2 aromatic carbocycles. The van der Waals surface area contributed by atoms with Gasteiger partial charge in [0.2, 0.25) is 0 Å². The Hall–Kier alpha value is -4.70. The molecule has 0 radical (unpaired) electrons. The predicted molar refractivity (Wildman–Crippen MR) is 132 cm³/mol. The molecule has 176 valence electrons. The topological polar surface area (TPSA) is 89.4 Å². The zero-order valence-corrected chi connectivity index (χ0v) is 19.7. The number of nitrogens with one attached hydrogen (secondary N) is 1. The second-order valence-electron chi connectivity index (χ2n) is 7.87. The van der Waals surface area contributed by atoms with Crippen molar-refractivity contribution in [1.29, 1.82) is 5.26 Å². The summed E-state index contributed by atoms with van der Waals surface area (Å²) in [5, 5.41) is 12.3. The zero-order chi connectivity index (χ0) is 24.8. The molecule has 1 N–H and O–H groups in total. The molecule has 0 aliphatic carbocycles. The lowest BCUT2D eigenvalue weighted by molar-refractivity contribution is -0.117. The van der Waals surface area contributed by atoms with Crippen molar-refractivity contribution in [2.24, 2.45) is 0 Å². The first-order valence-electron chi connectivity index (χ1n) is 11.0. The molecule has 0 saturated heterocycles. The van der Waals surface area contributed by atoms with Crippen LogP contribution in [-0.4, -0.2) is 17.6 Å².